The minimum absolute atomic E-state index is 0.131. The van der Waals surface area contributed by atoms with Crippen LogP contribution in [0.3, 0.4) is 0 Å². The summed E-state index contributed by atoms with van der Waals surface area (Å²) >= 11 is 0. The van der Waals surface area contributed by atoms with E-state index in [0.29, 0.717) is 30.1 Å². The molecule has 0 aliphatic rings. The van der Waals surface area contributed by atoms with E-state index < -0.39 is 0 Å². The van der Waals surface area contributed by atoms with Crippen LogP contribution in [0.15, 0.2) is 35.8 Å². The number of aromatic nitrogens is 2. The molecular formula is C12H18N4O. The molecule has 0 spiro atoms. The number of aliphatic hydroxyl groups excluding tert-OH is 1. The van der Waals surface area contributed by atoms with Gasteiger partial charge in [-0.1, -0.05) is 0 Å². The minimum Gasteiger partial charge on any atom is -0.402 e. The number of aliphatic hydroxyl groups is 1. The molecule has 1 aromatic heterocycles. The molecule has 0 fully saturated rings. The predicted molar refractivity (Wildman–Crippen MR) is 67.4 cm³/mol. The van der Waals surface area contributed by atoms with Crippen molar-refractivity contribution in [3.8, 4) is 0 Å². The summed E-state index contributed by atoms with van der Waals surface area (Å²) in [7, 11) is 0. The number of allylic oxidation sites excluding steroid dienone is 3. The van der Waals surface area contributed by atoms with E-state index in [0.717, 1.165) is 5.57 Å². The molecule has 0 bridgehead atoms. The summed E-state index contributed by atoms with van der Waals surface area (Å²) < 4.78 is 0. The lowest BCUT2D eigenvalue weighted by Gasteiger charge is -2.06. The van der Waals surface area contributed by atoms with Gasteiger partial charge in [-0.2, -0.15) is 0 Å². The lowest BCUT2D eigenvalue weighted by Crippen LogP contribution is -2.04. The minimum atomic E-state index is 0.131. The molecule has 5 nitrogen and oxygen atoms in total. The molecule has 0 saturated carbocycles. The van der Waals surface area contributed by atoms with Crippen LogP contribution < -0.4 is 11.5 Å². The van der Waals surface area contributed by atoms with E-state index in [-0.39, 0.29) is 6.61 Å². The Hall–Kier alpha value is -1.88. The molecular weight excluding hydrogens is 216 g/mol. The van der Waals surface area contributed by atoms with Gasteiger partial charge in [-0.25, -0.2) is 9.97 Å². The van der Waals surface area contributed by atoms with E-state index in [1.54, 1.807) is 24.5 Å². The quantitative estimate of drug-likeness (QED) is 0.654. The van der Waals surface area contributed by atoms with Gasteiger partial charge >= 0.3 is 0 Å². The van der Waals surface area contributed by atoms with Crippen molar-refractivity contribution in [3.63, 3.8) is 0 Å². The van der Waals surface area contributed by atoms with Gasteiger partial charge in [0.05, 0.1) is 5.70 Å². The second kappa shape index (κ2) is 6.65. The standard InChI is InChI=1S/C12H18N4O/c1-9(13)10(4-2-7-17)8-11(14)12-15-5-3-6-16-12/h3,5-6,8,17H,2,4,7,13-14H2,1H3/b10-9-,11-8-. The fourth-order valence-corrected chi connectivity index (χ4v) is 1.35. The molecule has 17 heavy (non-hydrogen) atoms. The Kier molecular flexibility index (Phi) is 5.16. The van der Waals surface area contributed by atoms with E-state index in [4.69, 9.17) is 16.6 Å². The van der Waals surface area contributed by atoms with Gasteiger partial charge in [0, 0.05) is 24.7 Å². The highest BCUT2D eigenvalue weighted by atomic mass is 16.2. The van der Waals surface area contributed by atoms with E-state index in [9.17, 15) is 0 Å². The summed E-state index contributed by atoms with van der Waals surface area (Å²) in [6.07, 6.45) is 6.38. The molecule has 5 heteroatoms. The number of hydrogen-bond acceptors (Lipinski definition) is 5. The highest BCUT2D eigenvalue weighted by Crippen LogP contribution is 2.13. The number of hydrogen-bond donors (Lipinski definition) is 3. The Labute approximate surface area is 101 Å². The van der Waals surface area contributed by atoms with Crippen molar-refractivity contribution in [2.75, 3.05) is 6.61 Å². The number of nitrogens with zero attached hydrogens (tertiary/aromatic N) is 2. The Bertz CT molecular complexity index is 408. The van der Waals surface area contributed by atoms with E-state index in [2.05, 4.69) is 9.97 Å². The van der Waals surface area contributed by atoms with Gasteiger partial charge in [-0.05, 0) is 37.5 Å². The van der Waals surface area contributed by atoms with Crippen LogP contribution >= 0.6 is 0 Å². The maximum Gasteiger partial charge on any atom is 0.175 e. The van der Waals surface area contributed by atoms with Crippen molar-refractivity contribution in [2.24, 2.45) is 11.5 Å². The van der Waals surface area contributed by atoms with Crippen molar-refractivity contribution < 1.29 is 5.11 Å². The van der Waals surface area contributed by atoms with Crippen LogP contribution in [-0.4, -0.2) is 21.7 Å². The normalized spacial score (nSPS) is 13.4. The molecule has 0 atom stereocenters. The maximum absolute atomic E-state index is 8.81. The molecule has 5 N–H and O–H groups in total. The van der Waals surface area contributed by atoms with Crippen LogP contribution in [0.1, 0.15) is 25.6 Å². The molecule has 92 valence electrons. The first-order valence-electron chi connectivity index (χ1n) is 5.45. The summed E-state index contributed by atoms with van der Waals surface area (Å²) in [6, 6.07) is 1.73. The average Bonchev–Trinajstić information content (AvgIpc) is 2.35. The number of rotatable bonds is 5. The molecule has 0 radical (unpaired) electrons. The van der Waals surface area contributed by atoms with Crippen LogP contribution in [0.25, 0.3) is 5.70 Å². The number of nitrogens with two attached hydrogens (primary N) is 2. The summed E-state index contributed by atoms with van der Waals surface area (Å²) in [5.74, 6) is 0.482. The van der Waals surface area contributed by atoms with Crippen LogP contribution in [0, 0.1) is 0 Å². The van der Waals surface area contributed by atoms with Gasteiger partial charge in [-0.3, -0.25) is 0 Å². The van der Waals surface area contributed by atoms with E-state index in [1.807, 2.05) is 6.92 Å². The molecule has 1 heterocycles. The van der Waals surface area contributed by atoms with Crippen LogP contribution in [0.4, 0.5) is 0 Å². The second-order valence-electron chi connectivity index (χ2n) is 3.71. The summed E-state index contributed by atoms with van der Waals surface area (Å²) in [5, 5.41) is 8.81. The smallest absolute Gasteiger partial charge is 0.175 e. The lowest BCUT2D eigenvalue weighted by atomic mass is 10.1. The Morgan fingerprint density at radius 3 is 2.53 bits per heavy atom. The highest BCUT2D eigenvalue weighted by Gasteiger charge is 2.02. The molecule has 0 amide bonds. The van der Waals surface area contributed by atoms with Crippen LogP contribution in [-0.2, 0) is 0 Å². The molecule has 0 unspecified atom stereocenters. The van der Waals surface area contributed by atoms with Crippen LogP contribution in [0.5, 0.6) is 0 Å². The molecule has 1 aromatic rings. The van der Waals surface area contributed by atoms with Gasteiger partial charge in [0.25, 0.3) is 0 Å². The zero-order valence-corrected chi connectivity index (χ0v) is 9.93. The molecule has 0 saturated heterocycles. The Morgan fingerprint density at radius 1 is 1.35 bits per heavy atom. The first-order valence-corrected chi connectivity index (χ1v) is 5.45. The fourth-order valence-electron chi connectivity index (χ4n) is 1.35. The van der Waals surface area contributed by atoms with Crippen molar-refractivity contribution >= 4 is 5.70 Å². The molecule has 0 aliphatic carbocycles. The van der Waals surface area contributed by atoms with E-state index in [1.165, 1.54) is 0 Å². The Balaban J connectivity index is 2.89. The third-order valence-electron chi connectivity index (χ3n) is 2.26. The summed E-state index contributed by atoms with van der Waals surface area (Å²) in [6.45, 7) is 1.94. The fraction of sp³-hybridized carbons (Fsp3) is 0.333. The third kappa shape index (κ3) is 4.24. The van der Waals surface area contributed by atoms with Gasteiger partial charge in [0.1, 0.15) is 0 Å². The molecule has 0 aromatic carbocycles. The highest BCUT2D eigenvalue weighted by molar-refractivity contribution is 5.59. The first-order chi connectivity index (χ1) is 8.15. The SMILES string of the molecule is C/C(N)=C(/C=C(\N)c1ncccn1)CCCO. The summed E-state index contributed by atoms with van der Waals surface area (Å²) in [4.78, 5) is 8.11. The zero-order chi connectivity index (χ0) is 12.7. The monoisotopic (exact) mass is 234 g/mol. The topological polar surface area (TPSA) is 98.1 Å². The largest absolute Gasteiger partial charge is 0.402 e. The molecule has 1 rings (SSSR count). The average molecular weight is 234 g/mol. The Morgan fingerprint density at radius 2 is 2.00 bits per heavy atom. The second-order valence-corrected chi connectivity index (χ2v) is 3.71. The maximum atomic E-state index is 8.81. The predicted octanol–water partition coefficient (Wildman–Crippen LogP) is 0.781. The van der Waals surface area contributed by atoms with Gasteiger partial charge < -0.3 is 16.6 Å². The summed E-state index contributed by atoms with van der Waals surface area (Å²) in [5.41, 5.74) is 13.7. The van der Waals surface area contributed by atoms with Crippen molar-refractivity contribution in [1.82, 2.24) is 9.97 Å². The first kappa shape index (κ1) is 13.2. The van der Waals surface area contributed by atoms with Crippen LogP contribution in [0.2, 0.25) is 0 Å². The van der Waals surface area contributed by atoms with Gasteiger partial charge in [-0.15, -0.1) is 0 Å². The van der Waals surface area contributed by atoms with Crippen molar-refractivity contribution in [1.29, 1.82) is 0 Å². The van der Waals surface area contributed by atoms with Crippen molar-refractivity contribution in [3.05, 3.63) is 41.6 Å². The van der Waals surface area contributed by atoms with E-state index >= 15 is 0 Å². The zero-order valence-electron chi connectivity index (χ0n) is 9.93. The molecule has 0 aliphatic heterocycles. The lowest BCUT2D eigenvalue weighted by molar-refractivity contribution is 0.289. The van der Waals surface area contributed by atoms with Gasteiger partial charge in [0.15, 0.2) is 5.82 Å². The third-order valence-corrected chi connectivity index (χ3v) is 2.26. The van der Waals surface area contributed by atoms with Crippen molar-refractivity contribution in [2.45, 2.75) is 19.8 Å². The van der Waals surface area contributed by atoms with Gasteiger partial charge in [0.2, 0.25) is 0 Å².